The Kier molecular flexibility index (Phi) is 9.62. The molecule has 7 N–H and O–H groups in total. The SMILES string of the molecule is COc1cc([C@@H](Nc2ccc(C(=N)N)cc2)C(=O)N[C@@H](Cc2ccc(O)cc2)C(=O)O)ccc1OCc1ccccc1. The largest absolute Gasteiger partial charge is 0.508 e. The number of nitrogens with two attached hydrogens (primary N) is 1. The predicted octanol–water partition coefficient (Wildman–Crippen LogP) is 4.23. The molecule has 0 spiro atoms. The first-order valence-corrected chi connectivity index (χ1v) is 13.1. The van der Waals surface area contributed by atoms with Crippen molar-refractivity contribution in [2.24, 2.45) is 5.73 Å². The second-order valence-corrected chi connectivity index (χ2v) is 9.52. The number of anilines is 1. The number of carbonyl (C=O) groups excluding carboxylic acids is 1. The van der Waals surface area contributed by atoms with E-state index in [9.17, 15) is 19.8 Å². The van der Waals surface area contributed by atoms with E-state index in [1.165, 1.54) is 19.2 Å². The summed E-state index contributed by atoms with van der Waals surface area (Å²) < 4.78 is 11.5. The van der Waals surface area contributed by atoms with Crippen LogP contribution < -0.4 is 25.8 Å². The number of nitrogens with one attached hydrogen (secondary N) is 3. The zero-order valence-electron chi connectivity index (χ0n) is 22.9. The van der Waals surface area contributed by atoms with Crippen LogP contribution in [-0.2, 0) is 22.6 Å². The lowest BCUT2D eigenvalue weighted by atomic mass is 10.0. The van der Waals surface area contributed by atoms with Crippen LogP contribution in [0.3, 0.4) is 0 Å². The Labute approximate surface area is 243 Å². The second-order valence-electron chi connectivity index (χ2n) is 9.52. The molecule has 216 valence electrons. The van der Waals surface area contributed by atoms with Gasteiger partial charge in [0.1, 0.15) is 30.3 Å². The highest BCUT2D eigenvalue weighted by molar-refractivity contribution is 5.95. The number of rotatable bonds is 13. The number of nitrogen functional groups attached to an aromatic ring is 1. The molecular formula is C32H32N4O6. The molecule has 10 nitrogen and oxygen atoms in total. The van der Waals surface area contributed by atoms with Gasteiger partial charge in [-0.1, -0.05) is 48.5 Å². The minimum atomic E-state index is -1.23. The average molecular weight is 569 g/mol. The maximum atomic E-state index is 13.7. The minimum Gasteiger partial charge on any atom is -0.508 e. The van der Waals surface area contributed by atoms with Gasteiger partial charge in [-0.25, -0.2) is 4.79 Å². The van der Waals surface area contributed by atoms with Crippen LogP contribution >= 0.6 is 0 Å². The first-order valence-electron chi connectivity index (χ1n) is 13.1. The Hall–Kier alpha value is -5.51. The van der Waals surface area contributed by atoms with Crippen LogP contribution in [0.1, 0.15) is 28.3 Å². The minimum absolute atomic E-state index is 0.0109. The van der Waals surface area contributed by atoms with Crippen molar-refractivity contribution in [2.45, 2.75) is 25.1 Å². The van der Waals surface area contributed by atoms with E-state index < -0.39 is 24.0 Å². The number of carboxylic acids is 1. The number of phenols is 1. The average Bonchev–Trinajstić information content (AvgIpc) is 3.00. The summed E-state index contributed by atoms with van der Waals surface area (Å²) in [6, 6.07) is 25.2. The number of amides is 1. The molecule has 0 aliphatic carbocycles. The van der Waals surface area contributed by atoms with Crippen molar-refractivity contribution >= 4 is 23.4 Å². The molecule has 0 saturated heterocycles. The van der Waals surface area contributed by atoms with Crippen molar-refractivity contribution in [3.05, 3.63) is 119 Å². The number of aromatic hydroxyl groups is 1. The summed E-state index contributed by atoms with van der Waals surface area (Å²) in [5.74, 6) is -0.954. The van der Waals surface area contributed by atoms with Crippen LogP contribution in [0.15, 0.2) is 97.1 Å². The smallest absolute Gasteiger partial charge is 0.326 e. The van der Waals surface area contributed by atoms with E-state index in [2.05, 4.69) is 10.6 Å². The normalized spacial score (nSPS) is 12.0. The van der Waals surface area contributed by atoms with E-state index in [1.807, 2.05) is 30.3 Å². The van der Waals surface area contributed by atoms with Gasteiger partial charge in [-0.3, -0.25) is 10.2 Å². The number of methoxy groups -OCH3 is 1. The summed E-state index contributed by atoms with van der Waals surface area (Å²) in [7, 11) is 1.50. The van der Waals surface area contributed by atoms with Crippen LogP contribution in [0.4, 0.5) is 5.69 Å². The molecule has 0 radical (unpaired) electrons. The third kappa shape index (κ3) is 7.79. The molecule has 4 rings (SSSR count). The molecular weight excluding hydrogens is 536 g/mol. The zero-order chi connectivity index (χ0) is 30.1. The molecule has 0 aromatic heterocycles. The quantitative estimate of drug-likeness (QED) is 0.103. The second kappa shape index (κ2) is 13.7. The monoisotopic (exact) mass is 568 g/mol. The molecule has 0 fully saturated rings. The van der Waals surface area contributed by atoms with Gasteiger partial charge in [0.15, 0.2) is 11.5 Å². The molecule has 10 heteroatoms. The van der Waals surface area contributed by atoms with Gasteiger partial charge >= 0.3 is 5.97 Å². The number of aliphatic carboxylic acids is 1. The molecule has 0 bridgehead atoms. The van der Waals surface area contributed by atoms with Crippen LogP contribution in [-0.4, -0.2) is 41.1 Å². The molecule has 0 aliphatic rings. The first-order chi connectivity index (χ1) is 20.2. The molecule has 0 unspecified atom stereocenters. The number of hydrogen-bond donors (Lipinski definition) is 6. The van der Waals surface area contributed by atoms with Crippen molar-refractivity contribution in [3.8, 4) is 17.2 Å². The summed E-state index contributed by atoms with van der Waals surface area (Å²) in [5.41, 5.74) is 8.75. The Morgan fingerprint density at radius 3 is 2.21 bits per heavy atom. The van der Waals surface area contributed by atoms with Crippen molar-refractivity contribution in [1.29, 1.82) is 5.41 Å². The summed E-state index contributed by atoms with van der Waals surface area (Å²) >= 11 is 0. The number of carboxylic acid groups (broad SMARTS) is 1. The number of hydrogen-bond acceptors (Lipinski definition) is 7. The highest BCUT2D eigenvalue weighted by Gasteiger charge is 2.28. The van der Waals surface area contributed by atoms with E-state index in [1.54, 1.807) is 54.6 Å². The van der Waals surface area contributed by atoms with Crippen LogP contribution in [0, 0.1) is 5.41 Å². The Balaban J connectivity index is 1.61. The van der Waals surface area contributed by atoms with Gasteiger partial charge in [0, 0.05) is 17.7 Å². The predicted molar refractivity (Wildman–Crippen MR) is 159 cm³/mol. The Bertz CT molecular complexity index is 1530. The van der Waals surface area contributed by atoms with Gasteiger partial charge in [0.05, 0.1) is 7.11 Å². The van der Waals surface area contributed by atoms with E-state index in [4.69, 9.17) is 20.6 Å². The van der Waals surface area contributed by atoms with Crippen LogP contribution in [0.25, 0.3) is 0 Å². The van der Waals surface area contributed by atoms with Crippen LogP contribution in [0.2, 0.25) is 0 Å². The first kappa shape index (κ1) is 29.5. The number of benzene rings is 4. The van der Waals surface area contributed by atoms with Crippen molar-refractivity contribution in [2.75, 3.05) is 12.4 Å². The number of amidine groups is 1. The maximum absolute atomic E-state index is 13.7. The Morgan fingerprint density at radius 1 is 0.905 bits per heavy atom. The fourth-order valence-electron chi connectivity index (χ4n) is 4.25. The highest BCUT2D eigenvalue weighted by atomic mass is 16.5. The summed E-state index contributed by atoms with van der Waals surface area (Å²) in [6.45, 7) is 0.318. The van der Waals surface area contributed by atoms with E-state index in [0.29, 0.717) is 40.5 Å². The molecule has 4 aromatic rings. The van der Waals surface area contributed by atoms with Crippen molar-refractivity contribution in [3.63, 3.8) is 0 Å². The fraction of sp³-hybridized carbons (Fsp3) is 0.156. The van der Waals surface area contributed by atoms with Gasteiger partial charge in [-0.15, -0.1) is 0 Å². The maximum Gasteiger partial charge on any atom is 0.326 e. The van der Waals surface area contributed by atoms with Gasteiger partial charge in [0.2, 0.25) is 5.91 Å². The van der Waals surface area contributed by atoms with Crippen molar-refractivity contribution < 1.29 is 29.3 Å². The third-order valence-electron chi connectivity index (χ3n) is 6.52. The van der Waals surface area contributed by atoms with Gasteiger partial charge in [0.25, 0.3) is 0 Å². The number of ether oxygens (including phenoxy) is 2. The molecule has 0 heterocycles. The highest BCUT2D eigenvalue weighted by Crippen LogP contribution is 2.32. The molecule has 2 atom stereocenters. The lowest BCUT2D eigenvalue weighted by Gasteiger charge is -2.24. The summed E-state index contributed by atoms with van der Waals surface area (Å²) in [6.07, 6.45) is 0.0109. The molecule has 4 aromatic carbocycles. The number of carbonyl (C=O) groups is 2. The van der Waals surface area contributed by atoms with Gasteiger partial charge < -0.3 is 36.1 Å². The molecule has 0 aliphatic heterocycles. The lowest BCUT2D eigenvalue weighted by molar-refractivity contribution is -0.141. The third-order valence-corrected chi connectivity index (χ3v) is 6.52. The summed E-state index contributed by atoms with van der Waals surface area (Å²) in [5, 5.41) is 32.9. The van der Waals surface area contributed by atoms with Crippen LogP contribution in [0.5, 0.6) is 17.2 Å². The lowest BCUT2D eigenvalue weighted by Crippen LogP contribution is -2.45. The van der Waals surface area contributed by atoms with Gasteiger partial charge in [-0.2, -0.15) is 0 Å². The number of phenolic OH excluding ortho intramolecular Hbond substituents is 1. The topological polar surface area (TPSA) is 167 Å². The van der Waals surface area contributed by atoms with Crippen molar-refractivity contribution in [1.82, 2.24) is 5.32 Å². The standard InChI is InChI=1S/C32H32N4O6/c1-41-28-18-23(11-16-27(28)42-19-21-5-3-2-4-6-21)29(35-24-12-9-22(10-13-24)30(33)34)31(38)36-26(32(39)40)17-20-7-14-25(37)15-8-20/h2-16,18,26,29,35,37H,17,19H2,1H3,(H3,33,34)(H,36,38)(H,39,40)/t26-,29+/m0/s1. The van der Waals surface area contributed by atoms with E-state index in [0.717, 1.165) is 5.56 Å². The van der Waals surface area contributed by atoms with E-state index in [-0.39, 0.29) is 18.0 Å². The molecule has 1 amide bonds. The summed E-state index contributed by atoms with van der Waals surface area (Å²) in [4.78, 5) is 25.8. The van der Waals surface area contributed by atoms with Gasteiger partial charge in [-0.05, 0) is 65.2 Å². The Morgan fingerprint density at radius 2 is 1.60 bits per heavy atom. The zero-order valence-corrected chi connectivity index (χ0v) is 22.9. The molecule has 42 heavy (non-hydrogen) atoms. The fourth-order valence-corrected chi connectivity index (χ4v) is 4.25. The molecule has 0 saturated carbocycles. The van der Waals surface area contributed by atoms with E-state index >= 15 is 0 Å².